The monoisotopic (exact) mass is 264 g/mol. The van der Waals surface area contributed by atoms with Gasteiger partial charge >= 0.3 is 0 Å². The highest BCUT2D eigenvalue weighted by Crippen LogP contribution is 2.39. The number of hydrogen-bond donors (Lipinski definition) is 2. The van der Waals surface area contributed by atoms with E-state index in [1.54, 1.807) is 6.92 Å². The van der Waals surface area contributed by atoms with Gasteiger partial charge in [0.2, 0.25) is 0 Å². The zero-order chi connectivity index (χ0) is 15.0. The van der Waals surface area contributed by atoms with Crippen molar-refractivity contribution in [3.8, 4) is 5.75 Å². The molecule has 1 aromatic carbocycles. The van der Waals surface area contributed by atoms with Gasteiger partial charge in [-0.15, -0.1) is 0 Å². The van der Waals surface area contributed by atoms with Crippen LogP contribution >= 0.6 is 0 Å². The molecule has 0 amide bonds. The molecule has 1 aromatic rings. The lowest BCUT2D eigenvalue weighted by atomic mass is 9.78. The third-order valence-electron chi connectivity index (χ3n) is 3.32. The second-order valence-electron chi connectivity index (χ2n) is 7.59. The van der Waals surface area contributed by atoms with Crippen molar-refractivity contribution in [2.24, 2.45) is 0 Å². The van der Waals surface area contributed by atoms with Gasteiger partial charge in [-0.05, 0) is 40.9 Å². The van der Waals surface area contributed by atoms with Gasteiger partial charge < -0.3 is 10.2 Å². The van der Waals surface area contributed by atoms with Crippen molar-refractivity contribution in [3.63, 3.8) is 0 Å². The zero-order valence-electron chi connectivity index (χ0n) is 13.3. The quantitative estimate of drug-likeness (QED) is 0.850. The van der Waals surface area contributed by atoms with Crippen LogP contribution in [0.3, 0.4) is 0 Å². The van der Waals surface area contributed by atoms with Crippen LogP contribution in [0.25, 0.3) is 0 Å². The fraction of sp³-hybridized carbons (Fsp3) is 0.647. The highest BCUT2D eigenvalue weighted by atomic mass is 16.3. The molecule has 0 fully saturated rings. The van der Waals surface area contributed by atoms with E-state index in [2.05, 4.69) is 41.5 Å². The van der Waals surface area contributed by atoms with E-state index in [9.17, 15) is 10.2 Å². The van der Waals surface area contributed by atoms with Crippen LogP contribution in [0.15, 0.2) is 12.1 Å². The number of phenols is 1. The van der Waals surface area contributed by atoms with Crippen LogP contribution in [0.2, 0.25) is 0 Å². The number of aromatic hydroxyl groups is 1. The predicted molar refractivity (Wildman–Crippen MR) is 80.9 cm³/mol. The molecule has 0 aliphatic rings. The highest BCUT2D eigenvalue weighted by molar-refractivity contribution is 5.50. The second-order valence-corrected chi connectivity index (χ2v) is 7.59. The molecule has 0 radical (unpaired) electrons. The lowest BCUT2D eigenvalue weighted by Crippen LogP contribution is -2.18. The van der Waals surface area contributed by atoms with Crippen LogP contribution in [-0.4, -0.2) is 16.3 Å². The van der Waals surface area contributed by atoms with Crippen LogP contribution in [-0.2, 0) is 17.3 Å². The van der Waals surface area contributed by atoms with E-state index in [0.717, 1.165) is 16.7 Å². The minimum atomic E-state index is -0.370. The normalized spacial score (nSPS) is 14.5. The van der Waals surface area contributed by atoms with E-state index in [-0.39, 0.29) is 16.9 Å². The number of rotatable bonds is 2. The number of aliphatic hydroxyl groups is 1. The van der Waals surface area contributed by atoms with Crippen molar-refractivity contribution in [2.75, 3.05) is 0 Å². The summed E-state index contributed by atoms with van der Waals surface area (Å²) in [5, 5.41) is 20.2. The molecule has 1 unspecified atom stereocenters. The minimum Gasteiger partial charge on any atom is -0.507 e. The van der Waals surface area contributed by atoms with Gasteiger partial charge in [0, 0.05) is 0 Å². The van der Waals surface area contributed by atoms with Gasteiger partial charge in [-0.3, -0.25) is 0 Å². The number of aliphatic hydroxyl groups excluding tert-OH is 1. The minimum absolute atomic E-state index is 0.112. The van der Waals surface area contributed by atoms with Crippen molar-refractivity contribution in [1.29, 1.82) is 0 Å². The Kier molecular flexibility index (Phi) is 4.36. The maximum atomic E-state index is 10.6. The summed E-state index contributed by atoms with van der Waals surface area (Å²) in [5.74, 6) is 0.398. The molecule has 0 bridgehead atoms. The van der Waals surface area contributed by atoms with Gasteiger partial charge in [0.1, 0.15) is 5.75 Å². The Morgan fingerprint density at radius 1 is 0.947 bits per heavy atom. The molecule has 0 aliphatic heterocycles. The van der Waals surface area contributed by atoms with E-state index in [1.807, 2.05) is 12.1 Å². The van der Waals surface area contributed by atoms with Crippen molar-refractivity contribution < 1.29 is 10.2 Å². The second kappa shape index (κ2) is 5.16. The lowest BCUT2D eigenvalue weighted by Gasteiger charge is -2.28. The number of hydrogen-bond acceptors (Lipinski definition) is 2. The van der Waals surface area contributed by atoms with E-state index in [1.165, 1.54) is 0 Å². The molecule has 1 atom stereocenters. The molecule has 19 heavy (non-hydrogen) atoms. The third kappa shape index (κ3) is 3.97. The van der Waals surface area contributed by atoms with E-state index in [4.69, 9.17) is 0 Å². The molecular formula is C17H28O2. The summed E-state index contributed by atoms with van der Waals surface area (Å²) in [6.07, 6.45) is 0.247. The molecule has 108 valence electrons. The first kappa shape index (κ1) is 16.0. The Hall–Kier alpha value is -1.02. The average Bonchev–Trinajstić information content (AvgIpc) is 2.16. The molecule has 0 saturated heterocycles. The lowest BCUT2D eigenvalue weighted by molar-refractivity contribution is 0.195. The first-order valence-corrected chi connectivity index (χ1v) is 6.98. The van der Waals surface area contributed by atoms with Crippen molar-refractivity contribution >= 4 is 0 Å². The SMILES string of the molecule is CC(O)Cc1cc(C(C)(C)C)c(O)c(C(C)(C)C)c1. The van der Waals surface area contributed by atoms with Gasteiger partial charge in [0.25, 0.3) is 0 Å². The van der Waals surface area contributed by atoms with E-state index < -0.39 is 0 Å². The molecule has 0 aliphatic carbocycles. The Labute approximate surface area is 117 Å². The largest absolute Gasteiger partial charge is 0.507 e. The Bertz CT molecular complexity index is 410. The molecule has 2 nitrogen and oxygen atoms in total. The highest BCUT2D eigenvalue weighted by Gasteiger charge is 2.26. The van der Waals surface area contributed by atoms with Crippen LogP contribution in [0.5, 0.6) is 5.75 Å². The Morgan fingerprint density at radius 2 is 1.32 bits per heavy atom. The molecule has 2 N–H and O–H groups in total. The fourth-order valence-corrected chi connectivity index (χ4v) is 2.30. The molecule has 0 spiro atoms. The molecular weight excluding hydrogens is 236 g/mol. The van der Waals surface area contributed by atoms with Crippen molar-refractivity contribution in [1.82, 2.24) is 0 Å². The fourth-order valence-electron chi connectivity index (χ4n) is 2.30. The van der Waals surface area contributed by atoms with Gasteiger partial charge in [-0.2, -0.15) is 0 Å². The van der Waals surface area contributed by atoms with Crippen molar-refractivity contribution in [3.05, 3.63) is 28.8 Å². The van der Waals surface area contributed by atoms with Crippen LogP contribution in [0.1, 0.15) is 65.2 Å². The molecule has 1 rings (SSSR count). The molecule has 0 saturated carbocycles. The third-order valence-corrected chi connectivity index (χ3v) is 3.32. The smallest absolute Gasteiger partial charge is 0.123 e. The predicted octanol–water partition coefficient (Wildman–Crippen LogP) is 3.91. The first-order chi connectivity index (χ1) is 8.43. The number of phenolic OH excluding ortho intramolecular Hbond substituents is 1. The summed E-state index contributed by atoms with van der Waals surface area (Å²) in [7, 11) is 0. The Morgan fingerprint density at radius 3 is 1.58 bits per heavy atom. The topological polar surface area (TPSA) is 40.5 Å². The zero-order valence-corrected chi connectivity index (χ0v) is 13.3. The molecule has 0 aromatic heterocycles. The average molecular weight is 264 g/mol. The van der Waals surface area contributed by atoms with Gasteiger partial charge in [-0.1, -0.05) is 53.7 Å². The van der Waals surface area contributed by atoms with E-state index in [0.29, 0.717) is 12.2 Å². The summed E-state index contributed by atoms with van der Waals surface area (Å²) in [6.45, 7) is 14.4. The van der Waals surface area contributed by atoms with Crippen LogP contribution in [0, 0.1) is 0 Å². The summed E-state index contributed by atoms with van der Waals surface area (Å²) in [4.78, 5) is 0. The van der Waals surface area contributed by atoms with Gasteiger partial charge in [0.15, 0.2) is 0 Å². The van der Waals surface area contributed by atoms with Gasteiger partial charge in [-0.25, -0.2) is 0 Å². The van der Waals surface area contributed by atoms with Gasteiger partial charge in [0.05, 0.1) is 6.10 Å². The standard InChI is InChI=1S/C17H28O2/c1-11(18)8-12-9-13(16(2,3)4)15(19)14(10-12)17(5,6)7/h9-11,18-19H,8H2,1-7H3. The summed E-state index contributed by atoms with van der Waals surface area (Å²) >= 11 is 0. The summed E-state index contributed by atoms with van der Waals surface area (Å²) in [5.41, 5.74) is 2.77. The first-order valence-electron chi connectivity index (χ1n) is 6.98. The molecule has 2 heteroatoms. The maximum Gasteiger partial charge on any atom is 0.123 e. The van der Waals surface area contributed by atoms with E-state index >= 15 is 0 Å². The van der Waals surface area contributed by atoms with Crippen LogP contribution in [0.4, 0.5) is 0 Å². The summed E-state index contributed by atoms with van der Waals surface area (Å²) in [6, 6.07) is 4.05. The Balaban J connectivity index is 3.48. The van der Waals surface area contributed by atoms with Crippen molar-refractivity contribution in [2.45, 2.75) is 71.8 Å². The summed E-state index contributed by atoms with van der Waals surface area (Å²) < 4.78 is 0. The maximum absolute atomic E-state index is 10.6. The molecule has 0 heterocycles. The number of benzene rings is 1. The van der Waals surface area contributed by atoms with Crippen LogP contribution < -0.4 is 0 Å².